The predicted octanol–water partition coefficient (Wildman–Crippen LogP) is 5.53. The lowest BCUT2D eigenvalue weighted by Crippen LogP contribution is -2.07. The fraction of sp³-hybridized carbons (Fsp3) is 0.208. The molecule has 3 heterocycles. The van der Waals surface area contributed by atoms with E-state index in [1.165, 1.54) is 0 Å². The maximum Gasteiger partial charge on any atom is 0.165 e. The van der Waals surface area contributed by atoms with Gasteiger partial charge in [-0.15, -0.1) is 0 Å². The summed E-state index contributed by atoms with van der Waals surface area (Å²) < 4.78 is 5.75. The van der Waals surface area contributed by atoms with Gasteiger partial charge in [0.2, 0.25) is 0 Å². The molecule has 0 bridgehead atoms. The Kier molecular flexibility index (Phi) is 6.55. The number of nitrogens with one attached hydrogen (secondary N) is 1. The van der Waals surface area contributed by atoms with Crippen LogP contribution < -0.4 is 5.32 Å². The van der Waals surface area contributed by atoms with Crippen molar-refractivity contribution >= 4 is 34.1 Å². The summed E-state index contributed by atoms with van der Waals surface area (Å²) in [4.78, 5) is 18.3. The minimum atomic E-state index is 0.270. The van der Waals surface area contributed by atoms with Gasteiger partial charge in [-0.25, -0.2) is 15.0 Å². The summed E-state index contributed by atoms with van der Waals surface area (Å²) in [5.74, 6) is 1.53. The van der Waals surface area contributed by atoms with Crippen LogP contribution in [0.25, 0.3) is 22.4 Å². The normalized spacial score (nSPS) is 11.0. The molecular formula is C24H21ClN6O. The minimum Gasteiger partial charge on any atom is -0.373 e. The SMILES string of the molecule is CC(C)COCc1nc(Nc2ccc(C#N)cc2)c2ccc(-c3ncccc3Cl)nc2n1. The molecule has 1 aromatic carbocycles. The number of fused-ring (bicyclic) bond motifs is 1. The van der Waals surface area contributed by atoms with Crippen LogP contribution in [0.15, 0.2) is 54.7 Å². The number of pyridine rings is 2. The van der Waals surface area contributed by atoms with E-state index in [0.29, 0.717) is 51.8 Å². The standard InChI is InChI=1S/C24H21ClN6O/c1-15(2)13-32-14-21-30-23(28-17-7-5-16(12-26)6-8-17)18-9-10-20(29-24(18)31-21)22-19(25)4-3-11-27-22/h3-11,15H,13-14H2,1-2H3,(H,28,29,30,31). The van der Waals surface area contributed by atoms with Crippen LogP contribution in [0.1, 0.15) is 25.2 Å². The number of aromatic nitrogens is 4. The molecule has 0 aliphatic rings. The third kappa shape index (κ3) is 4.99. The first kappa shape index (κ1) is 21.6. The van der Waals surface area contributed by atoms with E-state index < -0.39 is 0 Å². The Bertz CT molecular complexity index is 1280. The third-order valence-corrected chi connectivity index (χ3v) is 4.87. The van der Waals surface area contributed by atoms with Crippen molar-refractivity contribution in [1.82, 2.24) is 19.9 Å². The fourth-order valence-corrected chi connectivity index (χ4v) is 3.29. The van der Waals surface area contributed by atoms with Crippen molar-refractivity contribution in [2.24, 2.45) is 5.92 Å². The summed E-state index contributed by atoms with van der Waals surface area (Å²) in [7, 11) is 0. The van der Waals surface area contributed by atoms with Crippen LogP contribution in [0.3, 0.4) is 0 Å². The Morgan fingerprint density at radius 1 is 1.06 bits per heavy atom. The second-order valence-electron chi connectivity index (χ2n) is 7.61. The number of rotatable bonds is 7. The van der Waals surface area contributed by atoms with Gasteiger partial charge in [-0.05, 0) is 54.4 Å². The maximum absolute atomic E-state index is 9.03. The van der Waals surface area contributed by atoms with Crippen LogP contribution in [0.2, 0.25) is 5.02 Å². The lowest BCUT2D eigenvalue weighted by atomic mass is 10.2. The molecule has 0 fully saturated rings. The van der Waals surface area contributed by atoms with Crippen molar-refractivity contribution in [2.45, 2.75) is 20.5 Å². The number of nitriles is 1. The van der Waals surface area contributed by atoms with E-state index in [9.17, 15) is 0 Å². The van der Waals surface area contributed by atoms with Crippen LogP contribution in [-0.2, 0) is 11.3 Å². The van der Waals surface area contributed by atoms with Gasteiger partial charge in [0.15, 0.2) is 11.5 Å². The summed E-state index contributed by atoms with van der Waals surface area (Å²) in [5.41, 5.74) is 3.12. The van der Waals surface area contributed by atoms with Crippen molar-refractivity contribution in [3.05, 3.63) is 71.1 Å². The fourth-order valence-electron chi connectivity index (χ4n) is 3.07. The topological polar surface area (TPSA) is 96.6 Å². The molecule has 4 aromatic rings. The highest BCUT2D eigenvalue weighted by molar-refractivity contribution is 6.32. The molecule has 0 aliphatic heterocycles. The van der Waals surface area contributed by atoms with Crippen LogP contribution in [0, 0.1) is 17.2 Å². The van der Waals surface area contributed by atoms with Gasteiger partial charge in [0.1, 0.15) is 18.1 Å². The first-order valence-corrected chi connectivity index (χ1v) is 10.5. The molecule has 0 radical (unpaired) electrons. The summed E-state index contributed by atoms with van der Waals surface area (Å²) in [6.07, 6.45) is 1.68. The first-order valence-electron chi connectivity index (χ1n) is 10.2. The molecule has 3 aromatic heterocycles. The van der Waals surface area contributed by atoms with Crippen molar-refractivity contribution in [2.75, 3.05) is 11.9 Å². The average molecular weight is 445 g/mol. The number of ether oxygens (including phenoxy) is 1. The number of halogens is 1. The number of nitrogens with zero attached hydrogens (tertiary/aromatic N) is 5. The minimum absolute atomic E-state index is 0.270. The Balaban J connectivity index is 1.75. The van der Waals surface area contributed by atoms with Gasteiger partial charge in [0.05, 0.1) is 27.7 Å². The van der Waals surface area contributed by atoms with Gasteiger partial charge < -0.3 is 10.1 Å². The molecule has 0 amide bonds. The predicted molar refractivity (Wildman–Crippen MR) is 125 cm³/mol. The zero-order valence-corrected chi connectivity index (χ0v) is 18.5. The lowest BCUT2D eigenvalue weighted by Gasteiger charge is -2.12. The zero-order valence-electron chi connectivity index (χ0n) is 17.7. The number of hydrogen-bond donors (Lipinski definition) is 1. The van der Waals surface area contributed by atoms with E-state index in [-0.39, 0.29) is 6.61 Å². The quantitative estimate of drug-likeness (QED) is 0.400. The average Bonchev–Trinajstić information content (AvgIpc) is 2.79. The number of benzene rings is 1. The van der Waals surface area contributed by atoms with Crippen molar-refractivity contribution in [3.63, 3.8) is 0 Å². The summed E-state index contributed by atoms with van der Waals surface area (Å²) in [6, 6.07) is 16.6. The van der Waals surface area contributed by atoms with Crippen molar-refractivity contribution in [1.29, 1.82) is 5.26 Å². The Morgan fingerprint density at radius 3 is 2.59 bits per heavy atom. The van der Waals surface area contributed by atoms with Crippen molar-refractivity contribution < 1.29 is 4.74 Å². The Labute approximate surface area is 191 Å². The Morgan fingerprint density at radius 2 is 1.88 bits per heavy atom. The molecule has 0 saturated heterocycles. The van der Waals surface area contributed by atoms with Gasteiger partial charge in [0, 0.05) is 18.5 Å². The van der Waals surface area contributed by atoms with Gasteiger partial charge in [0.25, 0.3) is 0 Å². The second kappa shape index (κ2) is 9.69. The third-order valence-electron chi connectivity index (χ3n) is 4.57. The van der Waals surface area contributed by atoms with Gasteiger partial charge >= 0.3 is 0 Å². The van der Waals surface area contributed by atoms with E-state index >= 15 is 0 Å². The van der Waals surface area contributed by atoms with E-state index in [1.54, 1.807) is 30.5 Å². The maximum atomic E-state index is 9.03. The van der Waals surface area contributed by atoms with Gasteiger partial charge in [-0.3, -0.25) is 4.98 Å². The highest BCUT2D eigenvalue weighted by atomic mass is 35.5. The van der Waals surface area contributed by atoms with E-state index in [2.05, 4.69) is 40.2 Å². The second-order valence-corrected chi connectivity index (χ2v) is 8.02. The van der Waals surface area contributed by atoms with Crippen LogP contribution >= 0.6 is 11.6 Å². The number of hydrogen-bond acceptors (Lipinski definition) is 7. The highest BCUT2D eigenvalue weighted by Crippen LogP contribution is 2.28. The molecule has 4 rings (SSSR count). The first-order chi connectivity index (χ1) is 15.5. The molecule has 160 valence electrons. The molecule has 1 N–H and O–H groups in total. The molecule has 32 heavy (non-hydrogen) atoms. The highest BCUT2D eigenvalue weighted by Gasteiger charge is 2.13. The molecule has 8 heteroatoms. The van der Waals surface area contributed by atoms with E-state index in [1.807, 2.05) is 24.3 Å². The smallest absolute Gasteiger partial charge is 0.165 e. The monoisotopic (exact) mass is 444 g/mol. The van der Waals surface area contributed by atoms with Gasteiger partial charge in [-0.2, -0.15) is 5.26 Å². The summed E-state index contributed by atoms with van der Waals surface area (Å²) in [6.45, 7) is 5.05. The molecule has 7 nitrogen and oxygen atoms in total. The molecule has 0 aliphatic carbocycles. The van der Waals surface area contributed by atoms with Crippen LogP contribution in [0.4, 0.5) is 11.5 Å². The Hall–Kier alpha value is -3.60. The molecule has 0 atom stereocenters. The molecular weight excluding hydrogens is 424 g/mol. The summed E-state index contributed by atoms with van der Waals surface area (Å²) in [5, 5.41) is 13.6. The molecule has 0 saturated carbocycles. The lowest BCUT2D eigenvalue weighted by molar-refractivity contribution is 0.0925. The molecule has 0 unspecified atom stereocenters. The van der Waals surface area contributed by atoms with Gasteiger partial charge in [-0.1, -0.05) is 25.4 Å². The molecule has 0 spiro atoms. The largest absolute Gasteiger partial charge is 0.373 e. The van der Waals surface area contributed by atoms with E-state index in [0.717, 1.165) is 11.1 Å². The zero-order chi connectivity index (χ0) is 22.5. The van der Waals surface area contributed by atoms with Crippen LogP contribution in [-0.4, -0.2) is 26.5 Å². The van der Waals surface area contributed by atoms with Crippen molar-refractivity contribution in [3.8, 4) is 17.5 Å². The summed E-state index contributed by atoms with van der Waals surface area (Å²) >= 11 is 6.31. The van der Waals surface area contributed by atoms with Crippen LogP contribution in [0.5, 0.6) is 0 Å². The number of anilines is 2. The van der Waals surface area contributed by atoms with E-state index in [4.69, 9.17) is 26.6 Å².